The molecular formula is C14H18BN5. The van der Waals surface area contributed by atoms with Gasteiger partial charge in [0.2, 0.25) is 0 Å². The summed E-state index contributed by atoms with van der Waals surface area (Å²) in [4.78, 5) is 2.33. The molecule has 2 unspecified atom stereocenters. The van der Waals surface area contributed by atoms with Crippen LogP contribution in [-0.2, 0) is 0 Å². The van der Waals surface area contributed by atoms with Crippen LogP contribution in [0, 0.1) is 17.2 Å². The lowest BCUT2D eigenvalue weighted by Gasteiger charge is -2.36. The Morgan fingerprint density at radius 3 is 3.20 bits per heavy atom. The van der Waals surface area contributed by atoms with Gasteiger partial charge in [0.05, 0.1) is 23.0 Å². The molecule has 1 fully saturated rings. The largest absolute Gasteiger partial charge is 0.378 e. The van der Waals surface area contributed by atoms with E-state index in [0.29, 0.717) is 17.5 Å². The minimum atomic E-state index is 0.363. The van der Waals surface area contributed by atoms with Crippen LogP contribution in [0.15, 0.2) is 24.5 Å². The van der Waals surface area contributed by atoms with Crippen molar-refractivity contribution in [2.75, 3.05) is 18.4 Å². The van der Waals surface area contributed by atoms with Crippen molar-refractivity contribution in [2.45, 2.75) is 19.4 Å². The Morgan fingerprint density at radius 1 is 1.55 bits per heavy atom. The van der Waals surface area contributed by atoms with Gasteiger partial charge in [-0.3, -0.25) is 0 Å². The quantitative estimate of drug-likeness (QED) is 0.820. The normalized spacial score (nSPS) is 23.6. The number of nitrogens with zero attached hydrogens (tertiary/aromatic N) is 4. The van der Waals surface area contributed by atoms with Crippen molar-refractivity contribution in [3.63, 3.8) is 0 Å². The minimum absolute atomic E-state index is 0.363. The average molecular weight is 267 g/mol. The predicted octanol–water partition coefficient (Wildman–Crippen LogP) is 0.876. The lowest BCUT2D eigenvalue weighted by atomic mass is 9.91. The van der Waals surface area contributed by atoms with Crippen LogP contribution in [0.1, 0.15) is 18.9 Å². The van der Waals surface area contributed by atoms with Gasteiger partial charge in [-0.1, -0.05) is 6.92 Å². The monoisotopic (exact) mass is 267 g/mol. The van der Waals surface area contributed by atoms with Crippen molar-refractivity contribution >= 4 is 19.2 Å². The van der Waals surface area contributed by atoms with Gasteiger partial charge in [-0.15, -0.1) is 0 Å². The van der Waals surface area contributed by atoms with E-state index in [0.717, 1.165) is 24.3 Å². The van der Waals surface area contributed by atoms with E-state index in [-0.39, 0.29) is 0 Å². The summed E-state index contributed by atoms with van der Waals surface area (Å²) in [5.74, 6) is 0.598. The van der Waals surface area contributed by atoms with Gasteiger partial charge < -0.3 is 10.1 Å². The van der Waals surface area contributed by atoms with E-state index in [1.54, 1.807) is 10.7 Å². The molecule has 2 aromatic heterocycles. The van der Waals surface area contributed by atoms with Gasteiger partial charge in [-0.25, -0.2) is 4.52 Å². The van der Waals surface area contributed by atoms with Gasteiger partial charge in [-0.2, -0.15) is 10.4 Å². The Morgan fingerprint density at radius 2 is 2.40 bits per heavy atom. The zero-order valence-corrected chi connectivity index (χ0v) is 11.9. The fourth-order valence-corrected chi connectivity index (χ4v) is 2.84. The van der Waals surface area contributed by atoms with E-state index in [2.05, 4.69) is 36.2 Å². The Balaban J connectivity index is 1.97. The maximum Gasteiger partial charge on any atom is 0.185 e. The highest BCUT2D eigenvalue weighted by Crippen LogP contribution is 2.26. The van der Waals surface area contributed by atoms with E-state index in [4.69, 9.17) is 0 Å². The molecule has 0 saturated carbocycles. The third-order valence-corrected chi connectivity index (χ3v) is 4.18. The van der Waals surface area contributed by atoms with Gasteiger partial charge in [0, 0.05) is 18.8 Å². The zero-order valence-electron chi connectivity index (χ0n) is 11.9. The molecule has 1 aliphatic rings. The highest BCUT2D eigenvalue weighted by molar-refractivity contribution is 6.04. The van der Waals surface area contributed by atoms with Crippen LogP contribution < -0.4 is 5.32 Å². The number of nitriles is 1. The van der Waals surface area contributed by atoms with Crippen LogP contribution >= 0.6 is 0 Å². The summed E-state index contributed by atoms with van der Waals surface area (Å²) in [6.45, 7) is 4.41. The second-order valence-electron chi connectivity index (χ2n) is 5.66. The Labute approximate surface area is 119 Å². The Hall–Kier alpha value is -2.00. The smallest absolute Gasteiger partial charge is 0.185 e. The van der Waals surface area contributed by atoms with Crippen molar-refractivity contribution in [3.8, 4) is 6.07 Å². The van der Waals surface area contributed by atoms with Crippen LogP contribution in [0.3, 0.4) is 0 Å². The summed E-state index contributed by atoms with van der Waals surface area (Å²) in [5, 5.41) is 17.1. The maximum absolute atomic E-state index is 9.31. The average Bonchev–Trinajstić information content (AvgIpc) is 2.92. The number of aromatic nitrogens is 2. The van der Waals surface area contributed by atoms with Crippen molar-refractivity contribution in [1.29, 1.82) is 5.26 Å². The molecule has 6 heteroatoms. The first-order valence-corrected chi connectivity index (χ1v) is 7.00. The molecule has 5 nitrogen and oxygen atoms in total. The van der Waals surface area contributed by atoms with Crippen LogP contribution in [-0.4, -0.2) is 41.5 Å². The Bertz CT molecular complexity index is 659. The molecule has 0 spiro atoms. The van der Waals surface area contributed by atoms with Crippen molar-refractivity contribution in [2.24, 2.45) is 5.92 Å². The van der Waals surface area contributed by atoms with E-state index in [9.17, 15) is 5.26 Å². The lowest BCUT2D eigenvalue weighted by Crippen LogP contribution is -2.45. The van der Waals surface area contributed by atoms with Gasteiger partial charge >= 0.3 is 0 Å². The molecule has 0 aromatic carbocycles. The second-order valence-corrected chi connectivity index (χ2v) is 5.66. The van der Waals surface area contributed by atoms with Crippen LogP contribution in [0.25, 0.3) is 5.52 Å². The van der Waals surface area contributed by atoms with Crippen molar-refractivity contribution in [3.05, 3.63) is 30.1 Å². The molecule has 2 aromatic rings. The lowest BCUT2D eigenvalue weighted by molar-refractivity contribution is 0.274. The summed E-state index contributed by atoms with van der Waals surface area (Å²) < 4.78 is 1.81. The third kappa shape index (κ3) is 2.25. The first kappa shape index (κ1) is 13.0. The maximum atomic E-state index is 9.31. The Kier molecular flexibility index (Phi) is 3.37. The summed E-state index contributed by atoms with van der Waals surface area (Å²) in [5.41, 5.74) is 2.47. The summed E-state index contributed by atoms with van der Waals surface area (Å²) in [7, 11) is 2.14. The van der Waals surface area contributed by atoms with Crippen molar-refractivity contribution in [1.82, 2.24) is 14.4 Å². The topological polar surface area (TPSA) is 56.4 Å². The molecule has 3 rings (SSSR count). The number of anilines is 1. The molecule has 102 valence electrons. The number of rotatable bonds is 2. The number of nitrogens with one attached hydrogen (secondary N) is 1. The SMILES string of the molecule is BN1CCC(C)C(Nc2c(C#N)cnn3cccc23)C1. The summed E-state index contributed by atoms with van der Waals surface area (Å²) in [6.07, 6.45) is 4.71. The molecule has 2 atom stereocenters. The minimum Gasteiger partial charge on any atom is -0.378 e. The molecule has 0 bridgehead atoms. The van der Waals surface area contributed by atoms with Gasteiger partial charge in [-0.05, 0) is 31.0 Å². The predicted molar refractivity (Wildman–Crippen MR) is 81.2 cm³/mol. The highest BCUT2D eigenvalue weighted by Gasteiger charge is 2.25. The fourth-order valence-electron chi connectivity index (χ4n) is 2.84. The molecule has 0 amide bonds. The molecule has 1 N–H and O–H groups in total. The fraction of sp³-hybridized carbons (Fsp3) is 0.429. The summed E-state index contributed by atoms with van der Waals surface area (Å²) in [6, 6.07) is 6.55. The molecule has 0 radical (unpaired) electrons. The molecule has 20 heavy (non-hydrogen) atoms. The molecule has 3 heterocycles. The summed E-state index contributed by atoms with van der Waals surface area (Å²) >= 11 is 0. The van der Waals surface area contributed by atoms with Gasteiger partial charge in [0.25, 0.3) is 0 Å². The molecule has 1 aliphatic heterocycles. The third-order valence-electron chi connectivity index (χ3n) is 4.18. The first-order chi connectivity index (χ1) is 9.69. The second kappa shape index (κ2) is 5.18. The molecule has 1 saturated heterocycles. The van der Waals surface area contributed by atoms with Gasteiger partial charge in [0.1, 0.15) is 6.07 Å². The van der Waals surface area contributed by atoms with Crippen molar-refractivity contribution < 1.29 is 0 Å². The van der Waals surface area contributed by atoms with Crippen LogP contribution in [0.4, 0.5) is 5.69 Å². The van der Waals surface area contributed by atoms with E-state index >= 15 is 0 Å². The van der Waals surface area contributed by atoms with Gasteiger partial charge in [0.15, 0.2) is 7.98 Å². The number of piperidine rings is 1. The van der Waals surface area contributed by atoms with E-state index in [1.807, 2.05) is 18.3 Å². The first-order valence-electron chi connectivity index (χ1n) is 7.00. The number of hydrogen-bond acceptors (Lipinski definition) is 4. The molecule has 0 aliphatic carbocycles. The standard InChI is InChI=1S/C14H18BN5/c1-10-4-6-19(15)9-12(10)18-14-11(7-16)8-17-20-5-2-3-13(14)20/h2-3,5,8,10,12,18H,4,6,9,15H2,1H3. The van der Waals surface area contributed by atoms with Crippen LogP contribution in [0.2, 0.25) is 0 Å². The zero-order chi connectivity index (χ0) is 14.1. The highest BCUT2D eigenvalue weighted by atomic mass is 15.2. The number of hydrogen-bond donors (Lipinski definition) is 1. The van der Waals surface area contributed by atoms with E-state index < -0.39 is 0 Å². The molecular weight excluding hydrogens is 249 g/mol. The number of fused-ring (bicyclic) bond motifs is 1. The van der Waals surface area contributed by atoms with E-state index in [1.165, 1.54) is 6.42 Å². The van der Waals surface area contributed by atoms with Crippen LogP contribution in [0.5, 0.6) is 0 Å².